The lowest BCUT2D eigenvalue weighted by atomic mass is 9.94. The van der Waals surface area contributed by atoms with Gasteiger partial charge in [-0.15, -0.1) is 0 Å². The molecule has 2 N–H and O–H groups in total. The maximum Gasteiger partial charge on any atom is 0.277 e. The van der Waals surface area contributed by atoms with Crippen LogP contribution in [-0.4, -0.2) is 30.8 Å². The van der Waals surface area contributed by atoms with Crippen LogP contribution in [0.15, 0.2) is 41.5 Å². The Labute approximate surface area is 140 Å². The smallest absolute Gasteiger partial charge is 0.277 e. The average molecular weight is 326 g/mol. The number of aliphatic hydroxyl groups is 1. The number of aliphatic hydroxyl groups excluding tert-OH is 1. The maximum atomic E-state index is 12.0. The summed E-state index contributed by atoms with van der Waals surface area (Å²) in [6.07, 6.45) is 3.45. The lowest BCUT2D eigenvalue weighted by Crippen LogP contribution is -2.20. The predicted octanol–water partition coefficient (Wildman–Crippen LogP) is 2.21. The van der Waals surface area contributed by atoms with Gasteiger partial charge in [0, 0.05) is 5.92 Å². The minimum Gasteiger partial charge on any atom is -0.393 e. The summed E-state index contributed by atoms with van der Waals surface area (Å²) in [5.41, 5.74) is 2.14. The van der Waals surface area contributed by atoms with Crippen LogP contribution in [0.1, 0.15) is 42.8 Å². The number of hydrogen-bond acceptors (Lipinski definition) is 4. The highest BCUT2D eigenvalue weighted by atomic mass is 16.3. The monoisotopic (exact) mass is 326 g/mol. The van der Waals surface area contributed by atoms with Crippen LogP contribution < -0.4 is 5.56 Å². The van der Waals surface area contributed by atoms with Crippen LogP contribution in [0.5, 0.6) is 0 Å². The van der Waals surface area contributed by atoms with Crippen LogP contribution in [0.4, 0.5) is 0 Å². The normalized spacial score (nSPS) is 14.0. The second-order valence-electron chi connectivity index (χ2n) is 6.16. The van der Waals surface area contributed by atoms with Crippen molar-refractivity contribution in [1.82, 2.24) is 19.6 Å². The van der Waals surface area contributed by atoms with Gasteiger partial charge in [0.25, 0.3) is 5.56 Å². The molecule has 0 saturated carbocycles. The lowest BCUT2D eigenvalue weighted by Gasteiger charge is -2.18. The quantitative estimate of drug-likeness (QED) is 0.727. The number of imidazole rings is 1. The molecule has 0 bridgehead atoms. The Kier molecular flexibility index (Phi) is 4.76. The summed E-state index contributed by atoms with van der Waals surface area (Å²) in [6.45, 7) is 3.55. The molecule has 0 aliphatic rings. The number of aromatic nitrogens is 4. The molecular formula is C18H22N4O2. The SMILES string of the molecule is Cc1nc([C@@H](CCCc2ccccc2)[C@@H](C)O)n2nc[nH]c(=O)c12. The number of hydrogen-bond donors (Lipinski definition) is 2. The number of aryl methyl sites for hydroxylation is 2. The summed E-state index contributed by atoms with van der Waals surface area (Å²) in [5.74, 6) is 0.487. The Balaban J connectivity index is 1.84. The molecular weight excluding hydrogens is 304 g/mol. The number of nitrogens with one attached hydrogen (secondary N) is 1. The van der Waals surface area contributed by atoms with E-state index in [1.807, 2.05) is 18.2 Å². The highest BCUT2D eigenvalue weighted by molar-refractivity contribution is 5.49. The van der Waals surface area contributed by atoms with E-state index in [2.05, 4.69) is 27.2 Å². The molecule has 0 unspecified atom stereocenters. The fraction of sp³-hybridized carbons (Fsp3) is 0.389. The van der Waals surface area contributed by atoms with Crippen molar-refractivity contribution in [3.63, 3.8) is 0 Å². The third-order valence-electron chi connectivity index (χ3n) is 4.38. The fourth-order valence-corrected chi connectivity index (χ4v) is 3.13. The van der Waals surface area contributed by atoms with E-state index in [-0.39, 0.29) is 11.5 Å². The Morgan fingerprint density at radius 2 is 2.04 bits per heavy atom. The first-order valence-electron chi connectivity index (χ1n) is 8.23. The molecule has 6 heteroatoms. The maximum absolute atomic E-state index is 12.0. The first kappa shape index (κ1) is 16.4. The molecule has 24 heavy (non-hydrogen) atoms. The zero-order valence-corrected chi connectivity index (χ0v) is 13.9. The van der Waals surface area contributed by atoms with Crippen molar-refractivity contribution in [2.75, 3.05) is 0 Å². The number of benzene rings is 1. The van der Waals surface area contributed by atoms with Crippen LogP contribution in [-0.2, 0) is 6.42 Å². The van der Waals surface area contributed by atoms with Gasteiger partial charge in [-0.3, -0.25) is 4.79 Å². The van der Waals surface area contributed by atoms with Gasteiger partial charge in [-0.2, -0.15) is 5.10 Å². The number of aromatic amines is 1. The van der Waals surface area contributed by atoms with Crippen molar-refractivity contribution < 1.29 is 5.11 Å². The van der Waals surface area contributed by atoms with E-state index in [0.717, 1.165) is 19.3 Å². The molecule has 2 aromatic heterocycles. The van der Waals surface area contributed by atoms with Gasteiger partial charge in [0.1, 0.15) is 12.2 Å². The standard InChI is InChI=1S/C18H22N4O2/c1-12-16-18(24)19-11-20-22(16)17(21-12)15(13(2)23)10-6-9-14-7-4-3-5-8-14/h3-5,7-8,11,13,15,23H,6,9-10H2,1-2H3,(H,19,20,24)/t13-,15+/m1/s1. The van der Waals surface area contributed by atoms with Gasteiger partial charge < -0.3 is 10.1 Å². The van der Waals surface area contributed by atoms with Gasteiger partial charge in [0.2, 0.25) is 0 Å². The summed E-state index contributed by atoms with van der Waals surface area (Å²) in [7, 11) is 0. The molecule has 0 spiro atoms. The van der Waals surface area contributed by atoms with E-state index in [4.69, 9.17) is 0 Å². The van der Waals surface area contributed by atoms with Gasteiger partial charge in [-0.05, 0) is 38.7 Å². The van der Waals surface area contributed by atoms with E-state index in [9.17, 15) is 9.90 Å². The summed E-state index contributed by atoms with van der Waals surface area (Å²) < 4.78 is 1.56. The highest BCUT2D eigenvalue weighted by Crippen LogP contribution is 2.26. The third-order valence-corrected chi connectivity index (χ3v) is 4.38. The van der Waals surface area contributed by atoms with Crippen molar-refractivity contribution in [2.45, 2.75) is 45.1 Å². The number of rotatable bonds is 6. The van der Waals surface area contributed by atoms with Crippen molar-refractivity contribution in [2.24, 2.45) is 0 Å². The molecule has 6 nitrogen and oxygen atoms in total. The molecule has 3 rings (SSSR count). The van der Waals surface area contributed by atoms with Crippen molar-refractivity contribution in [3.05, 3.63) is 64.1 Å². The lowest BCUT2D eigenvalue weighted by molar-refractivity contribution is 0.151. The fourth-order valence-electron chi connectivity index (χ4n) is 3.13. The van der Waals surface area contributed by atoms with Crippen LogP contribution in [0.25, 0.3) is 5.52 Å². The molecule has 0 fully saturated rings. The molecule has 0 aliphatic carbocycles. The molecule has 1 aromatic carbocycles. The predicted molar refractivity (Wildman–Crippen MR) is 92.1 cm³/mol. The number of nitrogens with zero attached hydrogens (tertiary/aromatic N) is 3. The van der Waals surface area contributed by atoms with E-state index in [1.54, 1.807) is 18.4 Å². The number of fused-ring (bicyclic) bond motifs is 1. The van der Waals surface area contributed by atoms with E-state index in [0.29, 0.717) is 17.0 Å². The molecule has 3 aromatic rings. The minimum absolute atomic E-state index is 0.163. The van der Waals surface area contributed by atoms with Gasteiger partial charge in [0.05, 0.1) is 11.8 Å². The number of H-pyrrole nitrogens is 1. The average Bonchev–Trinajstić information content (AvgIpc) is 2.90. The molecule has 2 atom stereocenters. The Morgan fingerprint density at radius 1 is 1.29 bits per heavy atom. The molecule has 0 aliphatic heterocycles. The van der Waals surface area contributed by atoms with Crippen LogP contribution in [0, 0.1) is 6.92 Å². The molecule has 0 radical (unpaired) electrons. The van der Waals surface area contributed by atoms with Gasteiger partial charge in [-0.25, -0.2) is 9.50 Å². The zero-order valence-electron chi connectivity index (χ0n) is 13.9. The zero-order chi connectivity index (χ0) is 17.1. The molecule has 2 heterocycles. The largest absolute Gasteiger partial charge is 0.393 e. The van der Waals surface area contributed by atoms with Crippen molar-refractivity contribution >= 4 is 5.52 Å². The minimum atomic E-state index is -0.563. The van der Waals surface area contributed by atoms with E-state index < -0.39 is 6.10 Å². The summed E-state index contributed by atoms with van der Waals surface area (Å²) in [4.78, 5) is 19.1. The van der Waals surface area contributed by atoms with Crippen LogP contribution in [0.3, 0.4) is 0 Å². The van der Waals surface area contributed by atoms with Gasteiger partial charge >= 0.3 is 0 Å². The van der Waals surface area contributed by atoms with Crippen molar-refractivity contribution in [3.8, 4) is 0 Å². The van der Waals surface area contributed by atoms with Gasteiger partial charge in [-0.1, -0.05) is 30.3 Å². The van der Waals surface area contributed by atoms with E-state index in [1.165, 1.54) is 11.9 Å². The van der Waals surface area contributed by atoms with Crippen LogP contribution >= 0.6 is 0 Å². The second kappa shape index (κ2) is 6.97. The summed E-state index contributed by atoms with van der Waals surface area (Å²) in [6, 6.07) is 10.3. The highest BCUT2D eigenvalue weighted by Gasteiger charge is 2.24. The summed E-state index contributed by atoms with van der Waals surface area (Å²) >= 11 is 0. The summed E-state index contributed by atoms with van der Waals surface area (Å²) in [5, 5.41) is 14.5. The first-order chi connectivity index (χ1) is 11.6. The molecule has 126 valence electrons. The van der Waals surface area contributed by atoms with Gasteiger partial charge in [0.15, 0.2) is 5.52 Å². The third kappa shape index (κ3) is 3.23. The van der Waals surface area contributed by atoms with Crippen LogP contribution in [0.2, 0.25) is 0 Å². The Bertz CT molecular complexity index is 868. The molecule has 0 amide bonds. The molecule has 0 saturated heterocycles. The van der Waals surface area contributed by atoms with Crippen molar-refractivity contribution in [1.29, 1.82) is 0 Å². The van der Waals surface area contributed by atoms with E-state index >= 15 is 0 Å². The topological polar surface area (TPSA) is 83.3 Å². The first-order valence-corrected chi connectivity index (χ1v) is 8.23. The Hall–Kier alpha value is -2.47. The Morgan fingerprint density at radius 3 is 2.75 bits per heavy atom. The second-order valence-corrected chi connectivity index (χ2v) is 6.16.